The van der Waals surface area contributed by atoms with Crippen molar-refractivity contribution < 1.29 is 23.9 Å². The average Bonchev–Trinajstić information content (AvgIpc) is 2.76. The first-order valence-electron chi connectivity index (χ1n) is 9.68. The van der Waals surface area contributed by atoms with E-state index in [2.05, 4.69) is 15.4 Å². The number of ether oxygens (including phenoxy) is 2. The molecule has 0 fully saturated rings. The highest BCUT2D eigenvalue weighted by molar-refractivity contribution is 5.90. The van der Waals surface area contributed by atoms with Gasteiger partial charge in [0.15, 0.2) is 0 Å². The van der Waals surface area contributed by atoms with E-state index in [4.69, 9.17) is 10.5 Å². The average molecular weight is 413 g/mol. The molecule has 8 heteroatoms. The number of para-hydroxylation sites is 1. The monoisotopic (exact) mass is 413 g/mol. The van der Waals surface area contributed by atoms with Crippen molar-refractivity contribution >= 4 is 23.5 Å². The van der Waals surface area contributed by atoms with E-state index in [1.165, 1.54) is 7.11 Å². The van der Waals surface area contributed by atoms with Gasteiger partial charge in [-0.1, -0.05) is 18.2 Å². The maximum atomic E-state index is 12.1. The highest BCUT2D eigenvalue weighted by Gasteiger charge is 2.11. The Bertz CT molecular complexity index is 824. The van der Waals surface area contributed by atoms with E-state index in [1.54, 1.807) is 24.3 Å². The van der Waals surface area contributed by atoms with Gasteiger partial charge in [-0.15, -0.1) is 0 Å². The van der Waals surface area contributed by atoms with Crippen molar-refractivity contribution in [2.24, 2.45) is 5.73 Å². The third-order valence-electron chi connectivity index (χ3n) is 4.20. The molecule has 4 N–H and O–H groups in total. The normalized spacial score (nSPS) is 11.3. The first-order valence-corrected chi connectivity index (χ1v) is 9.68. The third kappa shape index (κ3) is 8.74. The van der Waals surface area contributed by atoms with E-state index in [9.17, 15) is 14.4 Å². The standard InChI is InChI=1S/C22H27N3O5/c1-29-22(28)14-13-20(26)24-15-16(23)7-12-21(27)25-17-8-10-19(11-9-17)30-18-5-3-2-4-6-18/h2-6,8-11,16H,7,12-15,23H2,1H3,(H,24,26)(H,25,27)/t16-/m1/s1. The summed E-state index contributed by atoms with van der Waals surface area (Å²) in [5, 5.41) is 5.45. The van der Waals surface area contributed by atoms with Crippen LogP contribution in [0.3, 0.4) is 0 Å². The molecule has 0 aliphatic carbocycles. The van der Waals surface area contributed by atoms with Crippen LogP contribution in [0.15, 0.2) is 54.6 Å². The number of benzene rings is 2. The number of carbonyl (C=O) groups is 3. The van der Waals surface area contributed by atoms with Crippen LogP contribution in [-0.4, -0.2) is 37.5 Å². The van der Waals surface area contributed by atoms with E-state index in [1.807, 2.05) is 30.3 Å². The minimum Gasteiger partial charge on any atom is -0.469 e. The third-order valence-corrected chi connectivity index (χ3v) is 4.20. The fraction of sp³-hybridized carbons (Fsp3) is 0.318. The Balaban J connectivity index is 1.66. The van der Waals surface area contributed by atoms with Crippen molar-refractivity contribution in [1.82, 2.24) is 5.32 Å². The van der Waals surface area contributed by atoms with Crippen LogP contribution < -0.4 is 21.1 Å². The van der Waals surface area contributed by atoms with Crippen LogP contribution in [0.2, 0.25) is 0 Å². The lowest BCUT2D eigenvalue weighted by molar-refractivity contribution is -0.142. The zero-order valence-electron chi connectivity index (χ0n) is 16.9. The van der Waals surface area contributed by atoms with Crippen molar-refractivity contribution in [3.05, 3.63) is 54.6 Å². The molecule has 2 amide bonds. The van der Waals surface area contributed by atoms with Crippen LogP contribution in [-0.2, 0) is 19.1 Å². The molecule has 0 bridgehead atoms. The smallest absolute Gasteiger partial charge is 0.306 e. The van der Waals surface area contributed by atoms with Gasteiger partial charge in [0, 0.05) is 31.1 Å². The second kappa shape index (κ2) is 12.2. The van der Waals surface area contributed by atoms with Gasteiger partial charge >= 0.3 is 5.97 Å². The van der Waals surface area contributed by atoms with Gasteiger partial charge in [-0.25, -0.2) is 0 Å². The van der Waals surface area contributed by atoms with Gasteiger partial charge in [0.1, 0.15) is 11.5 Å². The molecule has 2 rings (SSSR count). The second-order valence-corrected chi connectivity index (χ2v) is 6.67. The molecule has 0 spiro atoms. The highest BCUT2D eigenvalue weighted by Crippen LogP contribution is 2.22. The lowest BCUT2D eigenvalue weighted by Crippen LogP contribution is -2.37. The molecule has 0 unspecified atom stereocenters. The van der Waals surface area contributed by atoms with Gasteiger partial charge in [0.05, 0.1) is 13.5 Å². The molecular weight excluding hydrogens is 386 g/mol. The topological polar surface area (TPSA) is 120 Å². The van der Waals surface area contributed by atoms with Crippen molar-refractivity contribution in [2.45, 2.75) is 31.7 Å². The van der Waals surface area contributed by atoms with E-state index >= 15 is 0 Å². The lowest BCUT2D eigenvalue weighted by atomic mass is 10.1. The van der Waals surface area contributed by atoms with E-state index in [-0.39, 0.29) is 43.7 Å². The quantitative estimate of drug-likeness (QED) is 0.487. The molecule has 2 aromatic rings. The van der Waals surface area contributed by atoms with Crippen LogP contribution in [0.4, 0.5) is 5.69 Å². The van der Waals surface area contributed by atoms with Crippen LogP contribution in [0.5, 0.6) is 11.5 Å². The van der Waals surface area contributed by atoms with Gasteiger partial charge in [0.25, 0.3) is 0 Å². The van der Waals surface area contributed by atoms with Crippen LogP contribution in [0.25, 0.3) is 0 Å². The van der Waals surface area contributed by atoms with Crippen molar-refractivity contribution in [1.29, 1.82) is 0 Å². The number of rotatable bonds is 11. The SMILES string of the molecule is COC(=O)CCC(=O)NC[C@H](N)CCC(=O)Nc1ccc(Oc2ccccc2)cc1. The van der Waals surface area contributed by atoms with Gasteiger partial charge in [-0.05, 0) is 42.8 Å². The maximum absolute atomic E-state index is 12.1. The fourth-order valence-corrected chi connectivity index (χ4v) is 2.52. The largest absolute Gasteiger partial charge is 0.469 e. The molecule has 30 heavy (non-hydrogen) atoms. The predicted molar refractivity (Wildman–Crippen MR) is 113 cm³/mol. The molecule has 0 aromatic heterocycles. The van der Waals surface area contributed by atoms with Crippen LogP contribution in [0, 0.1) is 0 Å². The van der Waals surface area contributed by atoms with Crippen LogP contribution >= 0.6 is 0 Å². The van der Waals surface area contributed by atoms with Gasteiger partial charge in [-0.3, -0.25) is 14.4 Å². The number of amides is 2. The van der Waals surface area contributed by atoms with Crippen LogP contribution in [0.1, 0.15) is 25.7 Å². The van der Waals surface area contributed by atoms with Gasteiger partial charge < -0.3 is 25.8 Å². The molecule has 0 saturated carbocycles. The summed E-state index contributed by atoms with van der Waals surface area (Å²) >= 11 is 0. The summed E-state index contributed by atoms with van der Waals surface area (Å²) in [5.41, 5.74) is 6.59. The molecule has 160 valence electrons. The Morgan fingerprint density at radius 3 is 2.23 bits per heavy atom. The molecule has 2 aromatic carbocycles. The van der Waals surface area contributed by atoms with Crippen molar-refractivity contribution in [3.63, 3.8) is 0 Å². The van der Waals surface area contributed by atoms with E-state index in [0.29, 0.717) is 17.9 Å². The number of hydrogen-bond acceptors (Lipinski definition) is 6. The molecule has 0 saturated heterocycles. The van der Waals surface area contributed by atoms with Gasteiger partial charge in [-0.2, -0.15) is 0 Å². The highest BCUT2D eigenvalue weighted by atomic mass is 16.5. The van der Waals surface area contributed by atoms with E-state index in [0.717, 1.165) is 5.75 Å². The number of nitrogens with two attached hydrogens (primary N) is 1. The summed E-state index contributed by atoms with van der Waals surface area (Å²) < 4.78 is 10.2. The zero-order chi connectivity index (χ0) is 21.8. The maximum Gasteiger partial charge on any atom is 0.306 e. The summed E-state index contributed by atoms with van der Waals surface area (Å²) in [6.07, 6.45) is 0.707. The Morgan fingerprint density at radius 1 is 0.900 bits per heavy atom. The van der Waals surface area contributed by atoms with Crippen molar-refractivity contribution in [2.75, 3.05) is 19.0 Å². The molecule has 0 aliphatic rings. The molecule has 1 atom stereocenters. The summed E-state index contributed by atoms with van der Waals surface area (Å²) in [6.45, 7) is 0.235. The minimum absolute atomic E-state index is 0.0230. The van der Waals surface area contributed by atoms with Gasteiger partial charge in [0.2, 0.25) is 11.8 Å². The summed E-state index contributed by atoms with van der Waals surface area (Å²) in [6, 6.07) is 16.1. The Labute approximate surface area is 175 Å². The minimum atomic E-state index is -0.439. The van der Waals surface area contributed by atoms with Crippen molar-refractivity contribution in [3.8, 4) is 11.5 Å². The molecular formula is C22H27N3O5. The number of hydrogen-bond donors (Lipinski definition) is 3. The lowest BCUT2D eigenvalue weighted by Gasteiger charge is -2.13. The summed E-state index contributed by atoms with van der Waals surface area (Å²) in [5.74, 6) is 0.521. The fourth-order valence-electron chi connectivity index (χ4n) is 2.52. The number of methoxy groups -OCH3 is 1. The Morgan fingerprint density at radius 2 is 1.57 bits per heavy atom. The summed E-state index contributed by atoms with van der Waals surface area (Å²) in [4.78, 5) is 34.7. The summed E-state index contributed by atoms with van der Waals surface area (Å²) in [7, 11) is 1.27. The number of carbonyl (C=O) groups excluding carboxylic acids is 3. The molecule has 0 heterocycles. The Kier molecular flexibility index (Phi) is 9.33. The number of esters is 1. The van der Waals surface area contributed by atoms with E-state index < -0.39 is 5.97 Å². The first kappa shape index (κ1) is 22.9. The predicted octanol–water partition coefficient (Wildman–Crippen LogP) is 2.59. The Hall–Kier alpha value is -3.39. The first-order chi connectivity index (χ1) is 14.5. The second-order valence-electron chi connectivity index (χ2n) is 6.67. The molecule has 0 aliphatic heterocycles. The zero-order valence-corrected chi connectivity index (χ0v) is 16.9. The molecule has 8 nitrogen and oxygen atoms in total. The molecule has 0 radical (unpaired) electrons. The number of nitrogens with one attached hydrogen (secondary N) is 2. The number of anilines is 1.